The molecule has 9 nitrogen and oxygen atoms in total. The van der Waals surface area contributed by atoms with Gasteiger partial charge in [-0.1, -0.05) is 68.4 Å². The highest BCUT2D eigenvalue weighted by Gasteiger charge is 2.26. The third-order valence-electron chi connectivity index (χ3n) is 5.92. The number of hydrogen-bond donors (Lipinski definition) is 1. The van der Waals surface area contributed by atoms with Gasteiger partial charge >= 0.3 is 15.3 Å². The van der Waals surface area contributed by atoms with Crippen LogP contribution in [0.25, 0.3) is 22.5 Å². The lowest BCUT2D eigenvalue weighted by atomic mass is 10.0. The summed E-state index contributed by atoms with van der Waals surface area (Å²) >= 11 is 1.29. The Labute approximate surface area is 231 Å². The number of aldehydes is 1. The van der Waals surface area contributed by atoms with Gasteiger partial charge in [-0.05, 0) is 29.5 Å². The molecule has 0 spiro atoms. The Hall–Kier alpha value is -3.96. The molecule has 2 aromatic carbocycles. The van der Waals surface area contributed by atoms with Crippen LogP contribution in [0.5, 0.6) is 5.88 Å². The van der Waals surface area contributed by atoms with E-state index in [9.17, 15) is 18.0 Å². The van der Waals surface area contributed by atoms with Crippen LogP contribution in [0.3, 0.4) is 0 Å². The molecule has 0 radical (unpaired) electrons. The second-order valence-corrected chi connectivity index (χ2v) is 11.9. The molecule has 204 valence electrons. The number of ether oxygens (including phenoxy) is 2. The molecule has 39 heavy (non-hydrogen) atoms. The van der Waals surface area contributed by atoms with E-state index < -0.39 is 15.3 Å². The first-order chi connectivity index (χ1) is 18.7. The maximum Gasteiger partial charge on any atom is 0.444 e. The number of benzene rings is 2. The van der Waals surface area contributed by atoms with E-state index >= 15 is 0 Å². The molecule has 0 saturated heterocycles. The molecule has 0 aliphatic rings. The average molecular weight is 568 g/mol. The maximum absolute atomic E-state index is 12.4. The predicted octanol–water partition coefficient (Wildman–Crippen LogP) is 5.85. The van der Waals surface area contributed by atoms with E-state index in [2.05, 4.69) is 28.3 Å². The number of thiophene rings is 1. The van der Waals surface area contributed by atoms with Crippen molar-refractivity contribution >= 4 is 37.9 Å². The number of methoxy groups -OCH3 is 2. The second kappa shape index (κ2) is 11.8. The number of nitrogens with one attached hydrogen (secondary N) is 1. The summed E-state index contributed by atoms with van der Waals surface area (Å²) in [4.78, 5) is 29.3. The highest BCUT2D eigenvalue weighted by molar-refractivity contribution is 8.06. The standard InChI is InChI=1S/C28H29N3O6S2/c1-18(2)14-22-15-23(27(38-22)30-39(34,35)28(33)37-4)20-12-10-19(11-13-20)16-31-24(17-32)26(36-3)29-25(31)21-8-6-5-7-9-21/h5-13,15,17-18,30H,14,16H2,1-4H3. The lowest BCUT2D eigenvalue weighted by molar-refractivity contribution is 0.111. The summed E-state index contributed by atoms with van der Waals surface area (Å²) in [6, 6.07) is 19.0. The van der Waals surface area contributed by atoms with Crippen molar-refractivity contribution < 1.29 is 27.5 Å². The largest absolute Gasteiger partial charge is 0.479 e. The third-order valence-corrected chi connectivity index (χ3v) is 8.20. The first kappa shape index (κ1) is 28.1. The van der Waals surface area contributed by atoms with E-state index in [0.29, 0.717) is 34.5 Å². The smallest absolute Gasteiger partial charge is 0.444 e. The van der Waals surface area contributed by atoms with Crippen LogP contribution in [0.4, 0.5) is 9.80 Å². The molecule has 0 aliphatic carbocycles. The van der Waals surface area contributed by atoms with Gasteiger partial charge in [0.1, 0.15) is 16.5 Å². The molecule has 2 aromatic heterocycles. The highest BCUT2D eigenvalue weighted by atomic mass is 32.2. The number of hydrogen-bond acceptors (Lipinski definition) is 8. The van der Waals surface area contributed by atoms with Gasteiger partial charge in [0.2, 0.25) is 5.88 Å². The Kier molecular flexibility index (Phi) is 8.51. The molecule has 2 heterocycles. The SMILES string of the molecule is COC(=O)S(=O)(=O)Nc1sc(CC(C)C)cc1-c1ccc(Cn2c(-c3ccccc3)nc(OC)c2C=O)cc1. The molecule has 1 N–H and O–H groups in total. The lowest BCUT2D eigenvalue weighted by Gasteiger charge is -2.11. The number of nitrogens with zero attached hydrogens (tertiary/aromatic N) is 2. The number of imidazole rings is 1. The summed E-state index contributed by atoms with van der Waals surface area (Å²) in [5.41, 5.74) is 3.51. The van der Waals surface area contributed by atoms with Gasteiger partial charge in [0, 0.05) is 22.5 Å². The summed E-state index contributed by atoms with van der Waals surface area (Å²) in [6.45, 7) is 4.52. The van der Waals surface area contributed by atoms with E-state index in [0.717, 1.165) is 41.4 Å². The van der Waals surface area contributed by atoms with Gasteiger partial charge in [-0.25, -0.2) is 4.79 Å². The van der Waals surface area contributed by atoms with Crippen molar-refractivity contribution in [3.8, 4) is 28.4 Å². The number of anilines is 1. The summed E-state index contributed by atoms with van der Waals surface area (Å²) in [5.74, 6) is 1.22. The summed E-state index contributed by atoms with van der Waals surface area (Å²) in [5, 5.41) is -1.00. The predicted molar refractivity (Wildman–Crippen MR) is 152 cm³/mol. The molecule has 0 aliphatic heterocycles. The highest BCUT2D eigenvalue weighted by Crippen LogP contribution is 2.38. The second-order valence-electron chi connectivity index (χ2n) is 9.21. The van der Waals surface area contributed by atoms with Crippen molar-refractivity contribution in [3.63, 3.8) is 0 Å². The molecular formula is C28H29N3O6S2. The average Bonchev–Trinajstić information content (AvgIpc) is 3.48. The van der Waals surface area contributed by atoms with Crippen molar-refractivity contribution in [2.45, 2.75) is 26.8 Å². The summed E-state index contributed by atoms with van der Waals surface area (Å²) in [7, 11) is -1.85. The minimum atomic E-state index is -4.35. The molecule has 0 fully saturated rings. The molecule has 0 bridgehead atoms. The van der Waals surface area contributed by atoms with Crippen molar-refractivity contribution in [1.29, 1.82) is 0 Å². The number of carbonyl (C=O) groups is 2. The minimum absolute atomic E-state index is 0.249. The zero-order chi connectivity index (χ0) is 28.2. The normalized spacial score (nSPS) is 11.4. The minimum Gasteiger partial charge on any atom is -0.479 e. The molecule has 0 amide bonds. The molecule has 4 aromatic rings. The molecule has 0 unspecified atom stereocenters. The molecular weight excluding hydrogens is 538 g/mol. The number of sulfonamides is 1. The van der Waals surface area contributed by atoms with Crippen LogP contribution >= 0.6 is 11.3 Å². The van der Waals surface area contributed by atoms with E-state index in [4.69, 9.17) is 4.74 Å². The Balaban J connectivity index is 1.69. The van der Waals surface area contributed by atoms with Gasteiger partial charge in [0.05, 0.1) is 14.2 Å². The van der Waals surface area contributed by atoms with E-state index in [1.807, 2.05) is 60.7 Å². The van der Waals surface area contributed by atoms with E-state index in [-0.39, 0.29) is 5.88 Å². The Bertz CT molecular complexity index is 1570. The molecule has 0 saturated carbocycles. The van der Waals surface area contributed by atoms with Gasteiger partial charge in [-0.2, -0.15) is 13.4 Å². The fourth-order valence-corrected chi connectivity index (χ4v) is 6.45. The van der Waals surface area contributed by atoms with Gasteiger partial charge in [-0.15, -0.1) is 11.3 Å². The van der Waals surface area contributed by atoms with Crippen LogP contribution in [-0.2, 0) is 27.7 Å². The van der Waals surface area contributed by atoms with Crippen LogP contribution in [0.1, 0.15) is 34.8 Å². The monoisotopic (exact) mass is 567 g/mol. The molecule has 0 atom stereocenters. The van der Waals surface area contributed by atoms with Crippen LogP contribution in [0, 0.1) is 5.92 Å². The van der Waals surface area contributed by atoms with Gasteiger partial charge < -0.3 is 14.0 Å². The van der Waals surface area contributed by atoms with Gasteiger partial charge in [0.25, 0.3) is 0 Å². The van der Waals surface area contributed by atoms with Crippen LogP contribution in [0.15, 0.2) is 60.7 Å². The lowest BCUT2D eigenvalue weighted by Crippen LogP contribution is -2.22. The Morgan fingerprint density at radius 2 is 1.77 bits per heavy atom. The Morgan fingerprint density at radius 3 is 2.36 bits per heavy atom. The van der Waals surface area contributed by atoms with Gasteiger partial charge in [-0.3, -0.25) is 9.52 Å². The zero-order valence-electron chi connectivity index (χ0n) is 22.0. The van der Waals surface area contributed by atoms with Crippen molar-refractivity contribution in [3.05, 3.63) is 76.8 Å². The topological polar surface area (TPSA) is 117 Å². The quantitative estimate of drug-likeness (QED) is 0.189. The van der Waals surface area contributed by atoms with Crippen molar-refractivity contribution in [2.75, 3.05) is 18.9 Å². The van der Waals surface area contributed by atoms with Crippen molar-refractivity contribution in [1.82, 2.24) is 9.55 Å². The third kappa shape index (κ3) is 6.21. The number of carbonyl (C=O) groups excluding carboxylic acids is 2. The van der Waals surface area contributed by atoms with E-state index in [1.165, 1.54) is 18.4 Å². The number of aromatic nitrogens is 2. The summed E-state index contributed by atoms with van der Waals surface area (Å²) < 4.78 is 38.8. The fraction of sp³-hybridized carbons (Fsp3) is 0.250. The van der Waals surface area contributed by atoms with Gasteiger partial charge in [0.15, 0.2) is 6.29 Å². The number of rotatable bonds is 10. The Morgan fingerprint density at radius 1 is 1.08 bits per heavy atom. The first-order valence-electron chi connectivity index (χ1n) is 12.1. The maximum atomic E-state index is 12.4. The molecule has 11 heteroatoms. The van der Waals surface area contributed by atoms with Crippen LogP contribution in [-0.4, -0.2) is 43.8 Å². The van der Waals surface area contributed by atoms with Crippen molar-refractivity contribution in [2.24, 2.45) is 5.92 Å². The first-order valence-corrected chi connectivity index (χ1v) is 14.4. The zero-order valence-corrected chi connectivity index (χ0v) is 23.6. The van der Waals surface area contributed by atoms with Crippen LogP contribution in [0.2, 0.25) is 0 Å². The summed E-state index contributed by atoms with van der Waals surface area (Å²) in [6.07, 6.45) is 1.49. The van der Waals surface area contributed by atoms with Crippen LogP contribution < -0.4 is 9.46 Å². The van der Waals surface area contributed by atoms with E-state index in [1.54, 1.807) is 4.57 Å². The molecule has 4 rings (SSSR count). The fourth-order valence-electron chi connectivity index (χ4n) is 4.16.